The van der Waals surface area contributed by atoms with E-state index in [2.05, 4.69) is 37.3 Å². The first-order chi connectivity index (χ1) is 7.02. The van der Waals surface area contributed by atoms with E-state index in [1.54, 1.807) is 0 Å². The highest BCUT2D eigenvalue weighted by molar-refractivity contribution is 7.05. The Morgan fingerprint density at radius 1 is 1.20 bits per heavy atom. The van der Waals surface area contributed by atoms with Crippen LogP contribution in [-0.2, 0) is 0 Å². The van der Waals surface area contributed by atoms with Crippen LogP contribution in [0.15, 0.2) is 0 Å². The highest BCUT2D eigenvalue weighted by Gasteiger charge is 2.18. The fraction of sp³-hybridized carbons (Fsp3) is 0.818. The van der Waals surface area contributed by atoms with Crippen LogP contribution in [0.2, 0.25) is 0 Å². The summed E-state index contributed by atoms with van der Waals surface area (Å²) in [5, 5.41) is 14.1. The summed E-state index contributed by atoms with van der Waals surface area (Å²) in [5.74, 6) is 0.968. The quantitative estimate of drug-likeness (QED) is 0.842. The number of aliphatic hydroxyl groups excluding tert-OH is 1. The molecule has 1 heterocycles. The summed E-state index contributed by atoms with van der Waals surface area (Å²) in [4.78, 5) is 0.950. The molecule has 0 aliphatic heterocycles. The summed E-state index contributed by atoms with van der Waals surface area (Å²) in [5.41, 5.74) is 0.955. The average Bonchev–Trinajstić information content (AvgIpc) is 2.62. The second kappa shape index (κ2) is 5.56. The summed E-state index contributed by atoms with van der Waals surface area (Å²) in [6, 6.07) is 0. The van der Waals surface area contributed by atoms with Gasteiger partial charge in [-0.2, -0.15) is 0 Å². The predicted octanol–water partition coefficient (Wildman–Crippen LogP) is 3.13. The minimum absolute atomic E-state index is 0.340. The molecule has 0 aromatic carbocycles. The van der Waals surface area contributed by atoms with Gasteiger partial charge in [0.05, 0.1) is 16.7 Å². The molecule has 0 radical (unpaired) electrons. The lowest BCUT2D eigenvalue weighted by Crippen LogP contribution is -2.02. The largest absolute Gasteiger partial charge is 0.387 e. The molecule has 15 heavy (non-hydrogen) atoms. The summed E-state index contributed by atoms with van der Waals surface area (Å²) in [7, 11) is 0. The van der Waals surface area contributed by atoms with Gasteiger partial charge in [0.1, 0.15) is 0 Å². The van der Waals surface area contributed by atoms with Gasteiger partial charge in [0, 0.05) is 0 Å². The molecule has 0 amide bonds. The van der Waals surface area contributed by atoms with Crippen LogP contribution in [0.3, 0.4) is 0 Å². The molecule has 1 rings (SSSR count). The number of rotatable bonds is 5. The molecule has 0 fully saturated rings. The Balaban J connectivity index is 2.64. The van der Waals surface area contributed by atoms with Crippen LogP contribution in [0.25, 0.3) is 0 Å². The Morgan fingerprint density at radius 2 is 1.87 bits per heavy atom. The van der Waals surface area contributed by atoms with Gasteiger partial charge >= 0.3 is 0 Å². The molecule has 86 valence electrons. The summed E-state index contributed by atoms with van der Waals surface area (Å²) >= 11 is 1.33. The number of hydrogen-bond acceptors (Lipinski definition) is 4. The smallest absolute Gasteiger partial charge is 0.0917 e. The zero-order valence-electron chi connectivity index (χ0n) is 9.90. The lowest BCUT2D eigenvalue weighted by atomic mass is 10.0. The third kappa shape index (κ3) is 3.54. The van der Waals surface area contributed by atoms with Crippen LogP contribution >= 0.6 is 11.5 Å². The predicted molar refractivity (Wildman–Crippen MR) is 63.0 cm³/mol. The van der Waals surface area contributed by atoms with E-state index in [1.165, 1.54) is 11.5 Å². The third-order valence-corrected chi connectivity index (χ3v) is 3.25. The first-order valence-corrected chi connectivity index (χ1v) is 6.30. The maximum absolute atomic E-state index is 10.0. The molecule has 1 atom stereocenters. The SMILES string of the molecule is CC(C)CCC(O)c1snnc1C(C)C. The molecule has 1 aromatic heterocycles. The second-order valence-corrected chi connectivity index (χ2v) is 5.45. The van der Waals surface area contributed by atoms with Crippen molar-refractivity contribution in [3.63, 3.8) is 0 Å². The van der Waals surface area contributed by atoms with Crippen LogP contribution < -0.4 is 0 Å². The van der Waals surface area contributed by atoms with Crippen molar-refractivity contribution in [3.05, 3.63) is 10.6 Å². The monoisotopic (exact) mass is 228 g/mol. The molecule has 1 unspecified atom stereocenters. The molecule has 0 aliphatic rings. The Kier molecular flexibility index (Phi) is 4.67. The summed E-state index contributed by atoms with van der Waals surface area (Å²) in [6.45, 7) is 8.49. The van der Waals surface area contributed by atoms with Gasteiger partial charge in [-0.15, -0.1) is 5.10 Å². The maximum atomic E-state index is 10.0. The first kappa shape index (κ1) is 12.6. The molecule has 0 saturated heterocycles. The minimum atomic E-state index is -0.384. The van der Waals surface area contributed by atoms with E-state index in [4.69, 9.17) is 0 Å². The van der Waals surface area contributed by atoms with Gasteiger partial charge in [-0.25, -0.2) is 0 Å². The van der Waals surface area contributed by atoms with E-state index < -0.39 is 0 Å². The normalized spacial score (nSPS) is 13.8. The van der Waals surface area contributed by atoms with Crippen molar-refractivity contribution in [1.29, 1.82) is 0 Å². The second-order valence-electron chi connectivity index (χ2n) is 4.66. The standard InChI is InChI=1S/C11H20N2OS/c1-7(2)5-6-9(14)11-10(8(3)4)12-13-15-11/h7-9,14H,5-6H2,1-4H3. The van der Waals surface area contributed by atoms with Crippen molar-refractivity contribution in [2.45, 2.75) is 52.6 Å². The van der Waals surface area contributed by atoms with Crippen LogP contribution in [0.5, 0.6) is 0 Å². The fourth-order valence-electron chi connectivity index (χ4n) is 1.46. The molecule has 4 heteroatoms. The Labute approximate surface area is 95.7 Å². The van der Waals surface area contributed by atoms with Crippen molar-refractivity contribution in [3.8, 4) is 0 Å². The van der Waals surface area contributed by atoms with Crippen molar-refractivity contribution < 1.29 is 5.11 Å². The molecule has 3 nitrogen and oxygen atoms in total. The van der Waals surface area contributed by atoms with Crippen molar-refractivity contribution in [1.82, 2.24) is 9.59 Å². The van der Waals surface area contributed by atoms with Gasteiger partial charge in [0.15, 0.2) is 0 Å². The molecule has 0 bridgehead atoms. The van der Waals surface area contributed by atoms with E-state index in [9.17, 15) is 5.11 Å². The number of aliphatic hydroxyl groups is 1. The third-order valence-electron chi connectivity index (χ3n) is 2.41. The van der Waals surface area contributed by atoms with Crippen molar-refractivity contribution >= 4 is 11.5 Å². The van der Waals surface area contributed by atoms with Crippen LogP contribution in [0, 0.1) is 5.92 Å². The van der Waals surface area contributed by atoms with Crippen LogP contribution in [0.4, 0.5) is 0 Å². The lowest BCUT2D eigenvalue weighted by molar-refractivity contribution is 0.161. The van der Waals surface area contributed by atoms with Gasteiger partial charge in [-0.3, -0.25) is 0 Å². The molecular weight excluding hydrogens is 208 g/mol. The van der Waals surface area contributed by atoms with Gasteiger partial charge in [0.2, 0.25) is 0 Å². The van der Waals surface area contributed by atoms with Crippen LogP contribution in [-0.4, -0.2) is 14.7 Å². The van der Waals surface area contributed by atoms with E-state index in [-0.39, 0.29) is 6.10 Å². The van der Waals surface area contributed by atoms with Gasteiger partial charge < -0.3 is 5.11 Å². The average molecular weight is 228 g/mol. The van der Waals surface area contributed by atoms with Gasteiger partial charge in [-0.05, 0) is 36.2 Å². The molecule has 0 aliphatic carbocycles. The molecule has 0 spiro atoms. The van der Waals surface area contributed by atoms with E-state index >= 15 is 0 Å². The van der Waals surface area contributed by atoms with Gasteiger partial charge in [0.25, 0.3) is 0 Å². The molecule has 1 aromatic rings. The zero-order valence-corrected chi connectivity index (χ0v) is 10.7. The number of aromatic nitrogens is 2. The topological polar surface area (TPSA) is 46.0 Å². The fourth-order valence-corrected chi connectivity index (χ4v) is 2.28. The van der Waals surface area contributed by atoms with Crippen molar-refractivity contribution in [2.75, 3.05) is 0 Å². The Hall–Kier alpha value is -0.480. The molecular formula is C11H20N2OS. The number of hydrogen-bond donors (Lipinski definition) is 1. The Bertz CT molecular complexity index is 297. The number of nitrogens with zero attached hydrogens (tertiary/aromatic N) is 2. The van der Waals surface area contributed by atoms with Crippen LogP contribution in [0.1, 0.15) is 63.1 Å². The van der Waals surface area contributed by atoms with Crippen molar-refractivity contribution in [2.24, 2.45) is 5.92 Å². The lowest BCUT2D eigenvalue weighted by Gasteiger charge is -2.12. The highest BCUT2D eigenvalue weighted by atomic mass is 32.1. The van der Waals surface area contributed by atoms with E-state index in [1.807, 2.05) is 0 Å². The highest BCUT2D eigenvalue weighted by Crippen LogP contribution is 2.29. The molecule has 0 saturated carbocycles. The summed E-state index contributed by atoms with van der Waals surface area (Å²) < 4.78 is 3.92. The first-order valence-electron chi connectivity index (χ1n) is 5.52. The van der Waals surface area contributed by atoms with Gasteiger partial charge in [-0.1, -0.05) is 32.2 Å². The van der Waals surface area contributed by atoms with E-state index in [0.29, 0.717) is 11.8 Å². The molecule has 1 N–H and O–H groups in total. The zero-order chi connectivity index (χ0) is 11.4. The maximum Gasteiger partial charge on any atom is 0.0917 e. The Morgan fingerprint density at radius 3 is 2.40 bits per heavy atom. The minimum Gasteiger partial charge on any atom is -0.387 e. The van der Waals surface area contributed by atoms with E-state index in [0.717, 1.165) is 23.4 Å². The summed E-state index contributed by atoms with van der Waals surface area (Å²) in [6.07, 6.45) is 1.46.